The molecule has 0 amide bonds. The molecule has 1 aliphatic rings. The lowest BCUT2D eigenvalue weighted by Gasteiger charge is -2.19. The SMILES string of the molecule is Cc1cc(CN)ccc1S(=O)(=O)N(C)CCOCC1CC1. The van der Waals surface area contributed by atoms with Gasteiger partial charge in [0.2, 0.25) is 10.0 Å². The van der Waals surface area contributed by atoms with Gasteiger partial charge in [-0.2, -0.15) is 4.31 Å². The van der Waals surface area contributed by atoms with E-state index >= 15 is 0 Å². The Morgan fingerprint density at radius 2 is 2.10 bits per heavy atom. The molecular formula is C15H24N2O3S. The zero-order valence-electron chi connectivity index (χ0n) is 12.7. The number of nitrogens with zero attached hydrogens (tertiary/aromatic N) is 1. The largest absolute Gasteiger partial charge is 0.380 e. The standard InChI is InChI=1S/C15H24N2O3S/c1-12-9-14(10-16)5-6-15(12)21(18,19)17(2)7-8-20-11-13-3-4-13/h5-6,9,13H,3-4,7-8,10-11,16H2,1-2H3. The first-order valence-corrected chi connectivity index (χ1v) is 8.73. The van der Waals surface area contributed by atoms with Crippen LogP contribution in [0.5, 0.6) is 0 Å². The van der Waals surface area contributed by atoms with Crippen molar-refractivity contribution >= 4 is 10.0 Å². The number of sulfonamides is 1. The molecule has 0 spiro atoms. The average Bonchev–Trinajstić information content (AvgIpc) is 3.26. The number of hydrogen-bond acceptors (Lipinski definition) is 4. The molecule has 118 valence electrons. The van der Waals surface area contributed by atoms with Crippen molar-refractivity contribution in [2.75, 3.05) is 26.8 Å². The molecule has 1 aromatic carbocycles. The lowest BCUT2D eigenvalue weighted by atomic mass is 10.1. The van der Waals surface area contributed by atoms with Crippen LogP contribution < -0.4 is 5.73 Å². The predicted molar refractivity (Wildman–Crippen MR) is 82.4 cm³/mol. The van der Waals surface area contributed by atoms with Gasteiger partial charge >= 0.3 is 0 Å². The maximum atomic E-state index is 12.5. The minimum absolute atomic E-state index is 0.337. The van der Waals surface area contributed by atoms with Gasteiger partial charge in [-0.1, -0.05) is 12.1 Å². The Kier molecular flexibility index (Phi) is 5.37. The van der Waals surface area contributed by atoms with Crippen molar-refractivity contribution < 1.29 is 13.2 Å². The van der Waals surface area contributed by atoms with Crippen LogP contribution >= 0.6 is 0 Å². The Morgan fingerprint density at radius 3 is 2.67 bits per heavy atom. The van der Waals surface area contributed by atoms with Gasteiger partial charge in [-0.05, 0) is 42.9 Å². The minimum Gasteiger partial charge on any atom is -0.380 e. The van der Waals surface area contributed by atoms with Gasteiger partial charge in [0.15, 0.2) is 0 Å². The molecule has 0 heterocycles. The second-order valence-corrected chi connectivity index (χ2v) is 7.66. The second-order valence-electron chi connectivity index (χ2n) is 5.65. The van der Waals surface area contributed by atoms with Crippen LogP contribution in [0.15, 0.2) is 23.1 Å². The van der Waals surface area contributed by atoms with Crippen molar-refractivity contribution in [2.24, 2.45) is 11.7 Å². The molecule has 2 N–H and O–H groups in total. The summed E-state index contributed by atoms with van der Waals surface area (Å²) in [4.78, 5) is 0.337. The molecule has 1 aliphatic carbocycles. The highest BCUT2D eigenvalue weighted by Crippen LogP contribution is 2.28. The van der Waals surface area contributed by atoms with E-state index in [1.54, 1.807) is 26.1 Å². The second kappa shape index (κ2) is 6.87. The number of aryl methyl sites for hydroxylation is 1. The maximum Gasteiger partial charge on any atom is 0.243 e. The van der Waals surface area contributed by atoms with Gasteiger partial charge in [0, 0.05) is 26.7 Å². The normalized spacial score (nSPS) is 15.6. The van der Waals surface area contributed by atoms with Crippen LogP contribution in [0.4, 0.5) is 0 Å². The first kappa shape index (κ1) is 16.4. The first-order valence-electron chi connectivity index (χ1n) is 7.29. The Bertz CT molecular complexity index is 583. The van der Waals surface area contributed by atoms with E-state index in [2.05, 4.69) is 0 Å². The zero-order valence-corrected chi connectivity index (χ0v) is 13.5. The molecule has 1 aromatic rings. The van der Waals surface area contributed by atoms with E-state index in [0.717, 1.165) is 17.7 Å². The quantitative estimate of drug-likeness (QED) is 0.738. The highest BCUT2D eigenvalue weighted by molar-refractivity contribution is 7.89. The molecule has 0 saturated heterocycles. The fraction of sp³-hybridized carbons (Fsp3) is 0.600. The molecule has 2 rings (SSSR count). The summed E-state index contributed by atoms with van der Waals surface area (Å²) < 4.78 is 31.9. The first-order chi connectivity index (χ1) is 9.95. The lowest BCUT2D eigenvalue weighted by Crippen LogP contribution is -2.31. The van der Waals surface area contributed by atoms with Gasteiger partial charge < -0.3 is 10.5 Å². The molecule has 0 radical (unpaired) electrons. The number of rotatable bonds is 8. The topological polar surface area (TPSA) is 72.6 Å². The third-order valence-corrected chi connectivity index (χ3v) is 5.78. The lowest BCUT2D eigenvalue weighted by molar-refractivity contribution is 0.117. The molecule has 0 unspecified atom stereocenters. The summed E-state index contributed by atoms with van der Waals surface area (Å²) in [6.45, 7) is 3.76. The van der Waals surface area contributed by atoms with Crippen LogP contribution in [0, 0.1) is 12.8 Å². The molecule has 0 aliphatic heterocycles. The van der Waals surface area contributed by atoms with Crippen molar-refractivity contribution in [3.05, 3.63) is 29.3 Å². The van der Waals surface area contributed by atoms with E-state index in [9.17, 15) is 8.42 Å². The van der Waals surface area contributed by atoms with Crippen LogP contribution in [0.1, 0.15) is 24.0 Å². The van der Waals surface area contributed by atoms with E-state index in [-0.39, 0.29) is 0 Å². The van der Waals surface area contributed by atoms with Gasteiger partial charge in [-0.15, -0.1) is 0 Å². The van der Waals surface area contributed by atoms with Gasteiger partial charge in [-0.3, -0.25) is 0 Å². The Morgan fingerprint density at radius 1 is 1.38 bits per heavy atom. The summed E-state index contributed by atoms with van der Waals surface area (Å²) in [6.07, 6.45) is 2.47. The van der Waals surface area contributed by atoms with Crippen molar-refractivity contribution in [3.8, 4) is 0 Å². The molecule has 0 atom stereocenters. The fourth-order valence-electron chi connectivity index (χ4n) is 2.14. The highest BCUT2D eigenvalue weighted by Gasteiger charge is 2.24. The summed E-state index contributed by atoms with van der Waals surface area (Å²) >= 11 is 0. The summed E-state index contributed by atoms with van der Waals surface area (Å²) in [5, 5.41) is 0. The molecule has 1 fully saturated rings. The Hall–Kier alpha value is -0.950. The predicted octanol–water partition coefficient (Wildman–Crippen LogP) is 1.50. The fourth-order valence-corrected chi connectivity index (χ4v) is 3.50. The smallest absolute Gasteiger partial charge is 0.243 e. The van der Waals surface area contributed by atoms with E-state index in [0.29, 0.717) is 30.5 Å². The van der Waals surface area contributed by atoms with Crippen molar-refractivity contribution in [1.29, 1.82) is 0 Å². The summed E-state index contributed by atoms with van der Waals surface area (Å²) in [6, 6.07) is 5.22. The third-order valence-electron chi connectivity index (χ3n) is 3.76. The van der Waals surface area contributed by atoms with Crippen LogP contribution in [0.25, 0.3) is 0 Å². The van der Waals surface area contributed by atoms with E-state index in [4.69, 9.17) is 10.5 Å². The number of benzene rings is 1. The number of likely N-dealkylation sites (N-methyl/N-ethyl adjacent to an activating group) is 1. The maximum absolute atomic E-state index is 12.5. The third kappa shape index (κ3) is 4.26. The molecule has 0 bridgehead atoms. The summed E-state index contributed by atoms with van der Waals surface area (Å²) in [5.41, 5.74) is 7.23. The van der Waals surface area contributed by atoms with Gasteiger partial charge in [0.05, 0.1) is 11.5 Å². The minimum atomic E-state index is -3.47. The van der Waals surface area contributed by atoms with E-state index in [1.807, 2.05) is 6.07 Å². The van der Waals surface area contributed by atoms with Crippen molar-refractivity contribution in [3.63, 3.8) is 0 Å². The molecule has 1 saturated carbocycles. The zero-order chi connectivity index (χ0) is 15.5. The van der Waals surface area contributed by atoms with Crippen LogP contribution in [-0.4, -0.2) is 39.5 Å². The number of nitrogens with two attached hydrogens (primary N) is 1. The summed E-state index contributed by atoms with van der Waals surface area (Å²) in [5.74, 6) is 0.693. The van der Waals surface area contributed by atoms with Crippen LogP contribution in [-0.2, 0) is 21.3 Å². The molecule has 5 nitrogen and oxygen atoms in total. The van der Waals surface area contributed by atoms with Crippen molar-refractivity contribution in [1.82, 2.24) is 4.31 Å². The Labute approximate surface area is 127 Å². The number of ether oxygens (including phenoxy) is 1. The molecule has 6 heteroatoms. The average molecular weight is 312 g/mol. The van der Waals surface area contributed by atoms with E-state index in [1.165, 1.54) is 17.1 Å². The van der Waals surface area contributed by atoms with Gasteiger partial charge in [0.25, 0.3) is 0 Å². The molecular weight excluding hydrogens is 288 g/mol. The van der Waals surface area contributed by atoms with Crippen LogP contribution in [0.2, 0.25) is 0 Å². The highest BCUT2D eigenvalue weighted by atomic mass is 32.2. The van der Waals surface area contributed by atoms with Gasteiger partial charge in [-0.25, -0.2) is 8.42 Å². The summed E-state index contributed by atoms with van der Waals surface area (Å²) in [7, 11) is -1.88. The van der Waals surface area contributed by atoms with Crippen LogP contribution in [0.3, 0.4) is 0 Å². The monoisotopic (exact) mass is 312 g/mol. The number of hydrogen-bond donors (Lipinski definition) is 1. The molecule has 21 heavy (non-hydrogen) atoms. The molecule has 0 aromatic heterocycles. The van der Waals surface area contributed by atoms with E-state index < -0.39 is 10.0 Å². The van der Waals surface area contributed by atoms with Gasteiger partial charge in [0.1, 0.15) is 0 Å². The Balaban J connectivity index is 1.98. The van der Waals surface area contributed by atoms with Crippen molar-refractivity contribution in [2.45, 2.75) is 31.2 Å².